The third-order valence-electron chi connectivity index (χ3n) is 3.04. The molecule has 1 aliphatic carbocycles. The van der Waals surface area contributed by atoms with Crippen LogP contribution in [-0.4, -0.2) is 25.5 Å². The topological polar surface area (TPSA) is 63.6 Å². The second-order valence-corrected chi connectivity index (χ2v) is 5.35. The number of H-pyrrole nitrogens is 1. The van der Waals surface area contributed by atoms with E-state index in [4.69, 9.17) is 0 Å². The Hall–Kier alpha value is -1.56. The van der Waals surface area contributed by atoms with Crippen molar-refractivity contribution in [1.82, 2.24) is 19.7 Å². The van der Waals surface area contributed by atoms with Crippen LogP contribution in [0, 0.1) is 0 Å². The van der Waals surface area contributed by atoms with Crippen molar-refractivity contribution >= 4 is 11.8 Å². The molecule has 1 aliphatic rings. The SMILES string of the molecule is O=c1[nH]c(SCCn2cccn2)nc2c1CCC2. The summed E-state index contributed by atoms with van der Waals surface area (Å²) >= 11 is 1.57. The number of fused-ring (bicyclic) bond motifs is 1. The largest absolute Gasteiger partial charge is 0.301 e. The first-order valence-corrected chi connectivity index (χ1v) is 7.04. The first-order valence-electron chi connectivity index (χ1n) is 6.05. The van der Waals surface area contributed by atoms with Crippen molar-refractivity contribution < 1.29 is 0 Å². The van der Waals surface area contributed by atoms with Crippen LogP contribution in [0.3, 0.4) is 0 Å². The number of nitrogens with zero attached hydrogens (tertiary/aromatic N) is 3. The molecule has 0 bridgehead atoms. The predicted molar refractivity (Wildman–Crippen MR) is 69.8 cm³/mol. The lowest BCUT2D eigenvalue weighted by molar-refractivity contribution is 0.665. The highest BCUT2D eigenvalue weighted by Gasteiger charge is 2.16. The molecule has 2 aromatic rings. The Balaban J connectivity index is 1.66. The lowest BCUT2D eigenvalue weighted by atomic mass is 10.3. The van der Waals surface area contributed by atoms with Crippen LogP contribution in [0.4, 0.5) is 0 Å². The van der Waals surface area contributed by atoms with Crippen molar-refractivity contribution in [2.75, 3.05) is 5.75 Å². The van der Waals surface area contributed by atoms with Gasteiger partial charge in [0.25, 0.3) is 5.56 Å². The molecule has 0 radical (unpaired) electrons. The van der Waals surface area contributed by atoms with Gasteiger partial charge < -0.3 is 4.98 Å². The quantitative estimate of drug-likeness (QED) is 0.665. The highest BCUT2D eigenvalue weighted by Crippen LogP contribution is 2.19. The second-order valence-electron chi connectivity index (χ2n) is 4.27. The smallest absolute Gasteiger partial charge is 0.254 e. The van der Waals surface area contributed by atoms with Crippen molar-refractivity contribution in [2.45, 2.75) is 31.0 Å². The zero-order valence-electron chi connectivity index (χ0n) is 9.93. The zero-order chi connectivity index (χ0) is 12.4. The van der Waals surface area contributed by atoms with E-state index in [9.17, 15) is 4.79 Å². The number of nitrogens with one attached hydrogen (secondary N) is 1. The Morgan fingerprint density at radius 3 is 3.22 bits per heavy atom. The molecule has 94 valence electrons. The summed E-state index contributed by atoms with van der Waals surface area (Å²) in [6.45, 7) is 0.818. The third-order valence-corrected chi connectivity index (χ3v) is 3.89. The Kier molecular flexibility index (Phi) is 3.19. The van der Waals surface area contributed by atoms with Crippen LogP contribution < -0.4 is 5.56 Å². The third kappa shape index (κ3) is 2.33. The minimum Gasteiger partial charge on any atom is -0.301 e. The molecule has 2 heterocycles. The maximum absolute atomic E-state index is 11.8. The number of rotatable bonds is 4. The molecule has 5 nitrogen and oxygen atoms in total. The summed E-state index contributed by atoms with van der Waals surface area (Å²) in [5.74, 6) is 0.851. The highest BCUT2D eigenvalue weighted by molar-refractivity contribution is 7.99. The molecule has 0 aromatic carbocycles. The second kappa shape index (κ2) is 4.97. The maximum Gasteiger partial charge on any atom is 0.254 e. The first-order chi connectivity index (χ1) is 8.83. The monoisotopic (exact) mass is 262 g/mol. The van der Waals surface area contributed by atoms with Crippen LogP contribution in [0.2, 0.25) is 0 Å². The van der Waals surface area contributed by atoms with Crippen LogP contribution in [0.15, 0.2) is 28.4 Å². The summed E-state index contributed by atoms with van der Waals surface area (Å²) in [5, 5.41) is 4.86. The number of hydrogen-bond acceptors (Lipinski definition) is 4. The lowest BCUT2D eigenvalue weighted by Gasteiger charge is -2.04. The van der Waals surface area contributed by atoms with Crippen molar-refractivity contribution in [3.63, 3.8) is 0 Å². The zero-order valence-corrected chi connectivity index (χ0v) is 10.7. The molecule has 2 aromatic heterocycles. The van der Waals surface area contributed by atoms with Gasteiger partial charge in [0.2, 0.25) is 0 Å². The molecule has 18 heavy (non-hydrogen) atoms. The standard InChI is InChI=1S/C12H14N4OS/c17-11-9-3-1-4-10(9)14-12(15-11)18-8-7-16-6-2-5-13-16/h2,5-6H,1,3-4,7-8H2,(H,14,15,17). The van der Waals surface area contributed by atoms with Gasteiger partial charge in [-0.1, -0.05) is 11.8 Å². The van der Waals surface area contributed by atoms with Gasteiger partial charge in [-0.2, -0.15) is 5.10 Å². The fourth-order valence-corrected chi connectivity index (χ4v) is 2.97. The minimum absolute atomic E-state index is 0.0408. The van der Waals surface area contributed by atoms with E-state index in [0.717, 1.165) is 48.0 Å². The molecular formula is C12H14N4OS. The van der Waals surface area contributed by atoms with E-state index in [2.05, 4.69) is 15.1 Å². The van der Waals surface area contributed by atoms with Crippen LogP contribution in [-0.2, 0) is 19.4 Å². The van der Waals surface area contributed by atoms with E-state index >= 15 is 0 Å². The number of aryl methyl sites for hydroxylation is 2. The van der Waals surface area contributed by atoms with Crippen LogP contribution in [0.5, 0.6) is 0 Å². The minimum atomic E-state index is 0.0408. The molecule has 3 rings (SSSR count). The molecule has 6 heteroatoms. The van der Waals surface area contributed by atoms with Gasteiger partial charge in [-0.3, -0.25) is 9.48 Å². The van der Waals surface area contributed by atoms with Crippen LogP contribution >= 0.6 is 11.8 Å². The number of thioether (sulfide) groups is 1. The van der Waals surface area contributed by atoms with Gasteiger partial charge in [-0.15, -0.1) is 0 Å². The molecular weight excluding hydrogens is 248 g/mol. The lowest BCUT2D eigenvalue weighted by Crippen LogP contribution is -2.15. The molecule has 0 saturated carbocycles. The Morgan fingerprint density at radius 1 is 1.44 bits per heavy atom. The van der Waals surface area contributed by atoms with E-state index in [-0.39, 0.29) is 5.56 Å². The fourth-order valence-electron chi connectivity index (χ4n) is 2.16. The summed E-state index contributed by atoms with van der Waals surface area (Å²) in [6.07, 6.45) is 6.55. The molecule has 0 saturated heterocycles. The molecule has 0 spiro atoms. The van der Waals surface area contributed by atoms with E-state index < -0.39 is 0 Å². The van der Waals surface area contributed by atoms with Crippen LogP contribution in [0.25, 0.3) is 0 Å². The van der Waals surface area contributed by atoms with E-state index in [1.807, 2.05) is 16.9 Å². The van der Waals surface area contributed by atoms with Gasteiger partial charge >= 0.3 is 0 Å². The van der Waals surface area contributed by atoms with Gasteiger partial charge in [0, 0.05) is 23.7 Å². The normalized spacial score (nSPS) is 13.8. The van der Waals surface area contributed by atoms with Crippen molar-refractivity contribution in [1.29, 1.82) is 0 Å². The van der Waals surface area contributed by atoms with Crippen molar-refractivity contribution in [2.24, 2.45) is 0 Å². The van der Waals surface area contributed by atoms with Crippen molar-refractivity contribution in [3.8, 4) is 0 Å². The van der Waals surface area contributed by atoms with Crippen LogP contribution in [0.1, 0.15) is 17.7 Å². The van der Waals surface area contributed by atoms with Gasteiger partial charge in [0.15, 0.2) is 5.16 Å². The molecule has 0 atom stereocenters. The van der Waals surface area contributed by atoms with Gasteiger partial charge in [-0.05, 0) is 25.3 Å². The molecule has 1 N–H and O–H groups in total. The number of aromatic amines is 1. The summed E-state index contributed by atoms with van der Waals surface area (Å²) in [5.41, 5.74) is 1.91. The predicted octanol–water partition coefficient (Wildman–Crippen LogP) is 1.25. The number of aromatic nitrogens is 4. The first kappa shape index (κ1) is 11.5. The Morgan fingerprint density at radius 2 is 2.39 bits per heavy atom. The average molecular weight is 262 g/mol. The fraction of sp³-hybridized carbons (Fsp3) is 0.417. The van der Waals surface area contributed by atoms with Crippen molar-refractivity contribution in [3.05, 3.63) is 40.1 Å². The molecule has 0 fully saturated rings. The average Bonchev–Trinajstić information content (AvgIpc) is 2.99. The summed E-state index contributed by atoms with van der Waals surface area (Å²) in [4.78, 5) is 19.2. The maximum atomic E-state index is 11.8. The highest BCUT2D eigenvalue weighted by atomic mass is 32.2. The summed E-state index contributed by atoms with van der Waals surface area (Å²) < 4.78 is 1.87. The molecule has 0 amide bonds. The summed E-state index contributed by atoms with van der Waals surface area (Å²) in [7, 11) is 0. The Bertz CT molecular complexity index is 591. The Labute approximate surface area is 109 Å². The number of hydrogen-bond donors (Lipinski definition) is 1. The van der Waals surface area contributed by atoms with E-state index in [0.29, 0.717) is 0 Å². The molecule has 0 unspecified atom stereocenters. The van der Waals surface area contributed by atoms with Gasteiger partial charge in [-0.25, -0.2) is 4.98 Å². The van der Waals surface area contributed by atoms with E-state index in [1.165, 1.54) is 0 Å². The van der Waals surface area contributed by atoms with E-state index in [1.54, 1.807) is 18.0 Å². The van der Waals surface area contributed by atoms with Gasteiger partial charge in [0.05, 0.1) is 12.2 Å². The van der Waals surface area contributed by atoms with Gasteiger partial charge in [0.1, 0.15) is 0 Å². The summed E-state index contributed by atoms with van der Waals surface area (Å²) in [6, 6.07) is 1.90. The molecule has 0 aliphatic heterocycles.